The fourth-order valence-electron chi connectivity index (χ4n) is 1.89. The summed E-state index contributed by atoms with van der Waals surface area (Å²) in [5.41, 5.74) is -5.42. The van der Waals surface area contributed by atoms with E-state index in [1.54, 1.807) is 0 Å². The normalized spacial score (nSPS) is 22.2. The molecule has 3 nitrogen and oxygen atoms in total. The average molecular weight is 526 g/mol. The molecule has 0 N–H and O–H groups in total. The van der Waals surface area contributed by atoms with Gasteiger partial charge >= 0.3 is 30.7 Å². The van der Waals surface area contributed by atoms with Gasteiger partial charge in [-0.15, -0.1) is 0 Å². The molecule has 9 unspecified atom stereocenters. The predicted octanol–water partition coefficient (Wildman–Crippen LogP) is 1.07. The molecule has 0 aromatic rings. The van der Waals surface area contributed by atoms with Gasteiger partial charge in [-0.1, -0.05) is 0 Å². The standard InChI is InChI=1S/C12H11F15O3S.Li/c13-1(3(15)5(17)7(19)9(21)22)2(14)4(16)6(18)8(20)11(24,25)12(26,27)10(23)31(28,29)30;/h1-10H,(H,28,29,30);/q;+1/p-1. The van der Waals surface area contributed by atoms with E-state index in [0.717, 1.165) is 0 Å². The molecule has 0 saturated carbocycles. The summed E-state index contributed by atoms with van der Waals surface area (Å²) in [6.45, 7) is 0. The molecule has 0 aromatic heterocycles. The van der Waals surface area contributed by atoms with Crippen LogP contribution in [0.5, 0.6) is 0 Å². The Morgan fingerprint density at radius 1 is 0.531 bits per heavy atom. The Morgan fingerprint density at radius 3 is 1.09 bits per heavy atom. The van der Waals surface area contributed by atoms with Crippen LogP contribution in [0.1, 0.15) is 0 Å². The van der Waals surface area contributed by atoms with Crippen molar-refractivity contribution in [1.29, 1.82) is 0 Å². The molecule has 0 saturated heterocycles. The van der Waals surface area contributed by atoms with Crippen molar-refractivity contribution in [3.63, 3.8) is 0 Å². The minimum absolute atomic E-state index is 0. The van der Waals surface area contributed by atoms with E-state index in [1.165, 1.54) is 0 Å². The van der Waals surface area contributed by atoms with Crippen LogP contribution in [0.4, 0.5) is 65.9 Å². The van der Waals surface area contributed by atoms with Gasteiger partial charge in [0.25, 0.3) is 11.9 Å². The molecular weight excluding hydrogens is 516 g/mol. The molecule has 0 rings (SSSR count). The minimum atomic E-state index is -6.94. The number of alkyl halides is 15. The van der Waals surface area contributed by atoms with Crippen molar-refractivity contribution in [2.45, 2.75) is 73.1 Å². The third-order valence-corrected chi connectivity index (χ3v) is 4.48. The van der Waals surface area contributed by atoms with Gasteiger partial charge in [0.2, 0.25) is 6.17 Å². The molecule has 0 spiro atoms. The molecule has 32 heavy (non-hydrogen) atoms. The summed E-state index contributed by atoms with van der Waals surface area (Å²) in [6, 6.07) is 0. The molecule has 0 aromatic carbocycles. The van der Waals surface area contributed by atoms with Crippen LogP contribution in [0.3, 0.4) is 0 Å². The number of rotatable bonds is 12. The van der Waals surface area contributed by atoms with E-state index >= 15 is 0 Å². The Balaban J connectivity index is 0. The van der Waals surface area contributed by atoms with Gasteiger partial charge in [-0.05, 0) is 0 Å². The van der Waals surface area contributed by atoms with Crippen LogP contribution in [0, 0.1) is 0 Å². The molecule has 20 heteroatoms. The molecule has 0 radical (unpaired) electrons. The van der Waals surface area contributed by atoms with Crippen LogP contribution in [-0.4, -0.2) is 86.1 Å². The van der Waals surface area contributed by atoms with E-state index in [-0.39, 0.29) is 18.9 Å². The maximum absolute atomic E-state index is 13.4. The first kappa shape index (κ1) is 33.6. The quantitative estimate of drug-likeness (QED) is 0.218. The Labute approximate surface area is 181 Å². The molecule has 0 fully saturated rings. The van der Waals surface area contributed by atoms with Gasteiger partial charge in [-0.3, -0.25) is 0 Å². The zero-order valence-corrected chi connectivity index (χ0v) is 15.9. The maximum atomic E-state index is 13.4. The summed E-state index contributed by atoms with van der Waals surface area (Å²) in [6.07, 6.45) is -41.2. The first-order valence-electron chi connectivity index (χ1n) is 7.39. The summed E-state index contributed by atoms with van der Waals surface area (Å²) in [4.78, 5) is 0. The maximum Gasteiger partial charge on any atom is 1.00 e. The summed E-state index contributed by atoms with van der Waals surface area (Å²) < 4.78 is 225. The zero-order chi connectivity index (χ0) is 25.3. The second-order valence-electron chi connectivity index (χ2n) is 5.90. The molecule has 0 aliphatic heterocycles. The van der Waals surface area contributed by atoms with Crippen molar-refractivity contribution in [3.05, 3.63) is 0 Å². The van der Waals surface area contributed by atoms with Gasteiger partial charge in [0.1, 0.15) is 10.1 Å². The molecule has 0 amide bonds. The molecule has 9 atom stereocenters. The molecule has 0 bridgehead atoms. The van der Waals surface area contributed by atoms with Crippen LogP contribution in [-0.2, 0) is 10.1 Å². The van der Waals surface area contributed by atoms with Crippen molar-refractivity contribution in [2.24, 2.45) is 0 Å². The van der Waals surface area contributed by atoms with Crippen LogP contribution < -0.4 is 18.9 Å². The SMILES string of the molecule is O=S(=O)([O-])C(F)C(F)(F)C(F)(F)C(F)C(F)C(F)C(F)C(F)C(F)C(F)C(F)C(F)F.[Li+]. The minimum Gasteiger partial charge on any atom is -0.746 e. The Morgan fingerprint density at radius 2 is 0.812 bits per heavy atom. The van der Waals surface area contributed by atoms with Crippen LogP contribution in [0.15, 0.2) is 0 Å². The smallest absolute Gasteiger partial charge is 0.746 e. The molecule has 0 aliphatic carbocycles. The molecule has 0 heterocycles. The van der Waals surface area contributed by atoms with E-state index in [9.17, 15) is 78.8 Å². The Kier molecular flexibility index (Phi) is 12.3. The van der Waals surface area contributed by atoms with E-state index in [4.69, 9.17) is 0 Å². The van der Waals surface area contributed by atoms with Gasteiger partial charge in [0.15, 0.2) is 43.2 Å². The molecule has 188 valence electrons. The summed E-state index contributed by atoms with van der Waals surface area (Å²) >= 11 is 0. The van der Waals surface area contributed by atoms with Crippen LogP contribution in [0.25, 0.3) is 0 Å². The number of halogens is 15. The number of hydrogen-bond donors (Lipinski definition) is 0. The first-order chi connectivity index (χ1) is 13.6. The van der Waals surface area contributed by atoms with Crippen molar-refractivity contribution in [3.8, 4) is 0 Å². The van der Waals surface area contributed by atoms with Crippen LogP contribution in [0.2, 0.25) is 0 Å². The van der Waals surface area contributed by atoms with E-state index in [0.29, 0.717) is 0 Å². The molecule has 0 aliphatic rings. The van der Waals surface area contributed by atoms with Gasteiger partial charge in [0, 0.05) is 0 Å². The predicted molar refractivity (Wildman–Crippen MR) is 69.7 cm³/mol. The van der Waals surface area contributed by atoms with Crippen molar-refractivity contribution >= 4 is 10.1 Å². The monoisotopic (exact) mass is 526 g/mol. The second-order valence-corrected chi connectivity index (χ2v) is 7.30. The van der Waals surface area contributed by atoms with E-state index in [2.05, 4.69) is 0 Å². The van der Waals surface area contributed by atoms with Gasteiger partial charge in [-0.25, -0.2) is 56.7 Å². The Bertz CT molecular complexity index is 683. The fraction of sp³-hybridized carbons (Fsp3) is 1.00. The van der Waals surface area contributed by atoms with Gasteiger partial charge < -0.3 is 4.55 Å². The second kappa shape index (κ2) is 11.7. The third-order valence-electron chi connectivity index (χ3n) is 3.67. The summed E-state index contributed by atoms with van der Waals surface area (Å²) in [5.74, 6) is -13.8. The Hall–Kier alpha value is -0.543. The fourth-order valence-corrected chi connectivity index (χ4v) is 2.41. The first-order valence-corrected chi connectivity index (χ1v) is 8.86. The van der Waals surface area contributed by atoms with Crippen molar-refractivity contribution in [2.75, 3.05) is 0 Å². The van der Waals surface area contributed by atoms with E-state index in [1.807, 2.05) is 0 Å². The molecular formula is C12H10F15LiO3S. The van der Waals surface area contributed by atoms with Gasteiger partial charge in [0.05, 0.1) is 0 Å². The van der Waals surface area contributed by atoms with Gasteiger partial charge in [-0.2, -0.15) is 17.6 Å². The number of hydrogen-bond acceptors (Lipinski definition) is 3. The summed E-state index contributed by atoms with van der Waals surface area (Å²) in [5, 5.41) is 0. The van der Waals surface area contributed by atoms with Crippen molar-refractivity contribution < 1.29 is 97.7 Å². The average Bonchev–Trinajstić information content (AvgIpc) is 2.67. The third kappa shape index (κ3) is 6.98. The topological polar surface area (TPSA) is 57.2 Å². The van der Waals surface area contributed by atoms with Crippen molar-refractivity contribution in [1.82, 2.24) is 0 Å². The van der Waals surface area contributed by atoms with E-state index < -0.39 is 83.3 Å². The zero-order valence-electron chi connectivity index (χ0n) is 15.1. The largest absolute Gasteiger partial charge is 1.00 e. The van der Waals surface area contributed by atoms with Crippen LogP contribution >= 0.6 is 0 Å². The summed E-state index contributed by atoms with van der Waals surface area (Å²) in [7, 11) is -6.94.